The van der Waals surface area contributed by atoms with Gasteiger partial charge in [0.2, 0.25) is 0 Å². The van der Waals surface area contributed by atoms with E-state index in [1.165, 1.54) is 0 Å². The molecule has 0 aliphatic heterocycles. The van der Waals surface area contributed by atoms with Gasteiger partial charge in [0.25, 0.3) is 5.91 Å². The summed E-state index contributed by atoms with van der Waals surface area (Å²) < 4.78 is 0. The molecule has 0 atom stereocenters. The maximum absolute atomic E-state index is 12.1. The fourth-order valence-electron chi connectivity index (χ4n) is 2.17. The van der Waals surface area contributed by atoms with Crippen LogP contribution in [0, 0.1) is 0 Å². The molecule has 4 nitrogen and oxygen atoms in total. The number of nitrogens with two attached hydrogens (primary N) is 1. The average molecular weight is 350 g/mol. The highest BCUT2D eigenvalue weighted by Crippen LogP contribution is 2.30. The van der Waals surface area contributed by atoms with Crippen LogP contribution in [0.3, 0.4) is 0 Å². The van der Waals surface area contributed by atoms with Crippen molar-refractivity contribution in [2.24, 2.45) is 5.73 Å². The van der Waals surface area contributed by atoms with Gasteiger partial charge in [0.05, 0.1) is 21.3 Å². The number of nitrogens with one attached hydrogen (secondary N) is 1. The summed E-state index contributed by atoms with van der Waals surface area (Å²) >= 11 is 12.0. The molecular weight excluding hydrogens is 333 g/mol. The topological polar surface area (TPSA) is 68.0 Å². The first-order valence-electron chi connectivity index (χ1n) is 7.06. The van der Waals surface area contributed by atoms with Crippen molar-refractivity contribution in [1.82, 2.24) is 10.3 Å². The summed E-state index contributed by atoms with van der Waals surface area (Å²) in [5.74, 6) is -0.552. The molecule has 0 fully saturated rings. The van der Waals surface area contributed by atoms with E-state index in [-0.39, 0.29) is 6.04 Å². The summed E-state index contributed by atoms with van der Waals surface area (Å²) in [6.07, 6.45) is 3.32. The quantitative estimate of drug-likeness (QED) is 0.808. The highest BCUT2D eigenvalue weighted by atomic mass is 35.5. The molecule has 0 aliphatic carbocycles. The van der Waals surface area contributed by atoms with E-state index < -0.39 is 5.91 Å². The van der Waals surface area contributed by atoms with E-state index in [2.05, 4.69) is 10.3 Å². The van der Waals surface area contributed by atoms with Gasteiger partial charge in [-0.25, -0.2) is 0 Å². The van der Waals surface area contributed by atoms with Crippen molar-refractivity contribution in [2.45, 2.75) is 19.9 Å². The van der Waals surface area contributed by atoms with Crippen LogP contribution in [0.2, 0.25) is 10.0 Å². The SMILES string of the molecule is CC(C)N/C(=C(\C(N)=O)c1ccc(Cl)c(Cl)c1)c1ccncc1. The molecule has 1 aromatic heterocycles. The van der Waals surface area contributed by atoms with Crippen LogP contribution >= 0.6 is 23.2 Å². The molecule has 23 heavy (non-hydrogen) atoms. The van der Waals surface area contributed by atoms with Gasteiger partial charge in [-0.1, -0.05) is 29.3 Å². The molecule has 1 amide bonds. The Hall–Kier alpha value is -2.04. The van der Waals surface area contributed by atoms with E-state index >= 15 is 0 Å². The lowest BCUT2D eigenvalue weighted by atomic mass is 9.99. The lowest BCUT2D eigenvalue weighted by molar-refractivity contribution is -0.112. The molecule has 3 N–H and O–H groups in total. The number of hydrogen-bond donors (Lipinski definition) is 2. The second kappa shape index (κ2) is 7.49. The van der Waals surface area contributed by atoms with Crippen molar-refractivity contribution in [3.05, 3.63) is 63.9 Å². The zero-order chi connectivity index (χ0) is 17.0. The lowest BCUT2D eigenvalue weighted by Crippen LogP contribution is -2.26. The van der Waals surface area contributed by atoms with Gasteiger partial charge in [-0.3, -0.25) is 9.78 Å². The van der Waals surface area contributed by atoms with Crippen LogP contribution in [0.25, 0.3) is 11.3 Å². The fraction of sp³-hybridized carbons (Fsp3) is 0.176. The monoisotopic (exact) mass is 349 g/mol. The number of amides is 1. The van der Waals surface area contributed by atoms with E-state index in [0.29, 0.717) is 26.9 Å². The smallest absolute Gasteiger partial charge is 0.251 e. The van der Waals surface area contributed by atoms with Gasteiger partial charge in [-0.05, 0) is 43.7 Å². The van der Waals surface area contributed by atoms with Crippen LogP contribution in [0.4, 0.5) is 0 Å². The van der Waals surface area contributed by atoms with Crippen molar-refractivity contribution in [2.75, 3.05) is 0 Å². The van der Waals surface area contributed by atoms with Crippen LogP contribution in [-0.4, -0.2) is 16.9 Å². The highest BCUT2D eigenvalue weighted by Gasteiger charge is 2.18. The second-order valence-corrected chi connectivity index (χ2v) is 6.09. The van der Waals surface area contributed by atoms with Gasteiger partial charge in [-0.2, -0.15) is 0 Å². The molecule has 1 heterocycles. The standard InChI is InChI=1S/C17H17Cl2N3O/c1-10(2)22-16(11-5-7-21-8-6-11)15(17(20)23)12-3-4-13(18)14(19)9-12/h3-10,22H,1-2H3,(H2,20,23)/b16-15-. The zero-order valence-corrected chi connectivity index (χ0v) is 14.3. The minimum atomic E-state index is -0.552. The maximum atomic E-state index is 12.1. The largest absolute Gasteiger partial charge is 0.382 e. The van der Waals surface area contributed by atoms with Gasteiger partial charge in [-0.15, -0.1) is 0 Å². The Kier molecular flexibility index (Phi) is 5.64. The number of carbonyl (C=O) groups is 1. The molecule has 6 heteroatoms. The number of rotatable bonds is 5. The summed E-state index contributed by atoms with van der Waals surface area (Å²) in [6, 6.07) is 8.72. The number of pyridine rings is 1. The van der Waals surface area contributed by atoms with Gasteiger partial charge >= 0.3 is 0 Å². The Bertz CT molecular complexity index is 743. The highest BCUT2D eigenvalue weighted by molar-refractivity contribution is 6.42. The van der Waals surface area contributed by atoms with Crippen molar-refractivity contribution in [3.63, 3.8) is 0 Å². The van der Waals surface area contributed by atoms with E-state index in [9.17, 15) is 4.79 Å². The number of hydrogen-bond acceptors (Lipinski definition) is 3. The van der Waals surface area contributed by atoms with Crippen LogP contribution in [0.15, 0.2) is 42.7 Å². The summed E-state index contributed by atoms with van der Waals surface area (Å²) in [7, 11) is 0. The maximum Gasteiger partial charge on any atom is 0.251 e. The Morgan fingerprint density at radius 1 is 1.09 bits per heavy atom. The molecule has 2 aromatic rings. The third kappa shape index (κ3) is 4.24. The summed E-state index contributed by atoms with van der Waals surface area (Å²) in [5, 5.41) is 4.07. The fourth-order valence-corrected chi connectivity index (χ4v) is 2.47. The van der Waals surface area contributed by atoms with Crippen molar-refractivity contribution in [3.8, 4) is 0 Å². The van der Waals surface area contributed by atoms with E-state index in [4.69, 9.17) is 28.9 Å². The normalized spacial score (nSPS) is 12.0. The summed E-state index contributed by atoms with van der Waals surface area (Å²) in [6.45, 7) is 3.96. The molecule has 1 aromatic carbocycles. The third-order valence-electron chi connectivity index (χ3n) is 3.11. The molecule has 0 aliphatic rings. The number of carbonyl (C=O) groups excluding carboxylic acids is 1. The van der Waals surface area contributed by atoms with Gasteiger partial charge in [0.1, 0.15) is 0 Å². The second-order valence-electron chi connectivity index (χ2n) is 5.28. The van der Waals surface area contributed by atoms with E-state index in [1.54, 1.807) is 30.6 Å². The van der Waals surface area contributed by atoms with Crippen molar-refractivity contribution in [1.29, 1.82) is 0 Å². The first-order valence-corrected chi connectivity index (χ1v) is 7.82. The Morgan fingerprint density at radius 3 is 2.26 bits per heavy atom. The molecular formula is C17H17Cl2N3O. The summed E-state index contributed by atoms with van der Waals surface area (Å²) in [5.41, 5.74) is 8.04. The molecule has 0 spiro atoms. The number of benzene rings is 1. The Balaban J connectivity index is 2.70. The minimum absolute atomic E-state index is 0.107. The average Bonchev–Trinajstić information content (AvgIpc) is 2.50. The summed E-state index contributed by atoms with van der Waals surface area (Å²) in [4.78, 5) is 16.1. The van der Waals surface area contributed by atoms with Crippen molar-refractivity contribution < 1.29 is 4.79 Å². The van der Waals surface area contributed by atoms with Crippen LogP contribution in [0.5, 0.6) is 0 Å². The Labute approximate surface area is 145 Å². The predicted octanol–water partition coefficient (Wildman–Crippen LogP) is 3.74. The molecule has 0 saturated heterocycles. The number of nitrogens with zero attached hydrogens (tertiary/aromatic N) is 1. The molecule has 0 bridgehead atoms. The van der Waals surface area contributed by atoms with Gasteiger partial charge in [0, 0.05) is 24.0 Å². The van der Waals surface area contributed by atoms with E-state index in [1.807, 2.05) is 26.0 Å². The Morgan fingerprint density at radius 2 is 1.74 bits per heavy atom. The van der Waals surface area contributed by atoms with Gasteiger partial charge < -0.3 is 11.1 Å². The molecule has 2 rings (SSSR count). The number of primary amides is 1. The molecule has 0 saturated carbocycles. The predicted molar refractivity (Wildman–Crippen MR) is 95.0 cm³/mol. The van der Waals surface area contributed by atoms with Crippen LogP contribution in [-0.2, 0) is 4.79 Å². The number of aromatic nitrogens is 1. The molecule has 0 unspecified atom stereocenters. The number of halogens is 2. The molecule has 0 radical (unpaired) electrons. The van der Waals surface area contributed by atoms with Crippen LogP contribution < -0.4 is 11.1 Å². The van der Waals surface area contributed by atoms with Crippen molar-refractivity contribution >= 4 is 40.4 Å². The van der Waals surface area contributed by atoms with Crippen LogP contribution in [0.1, 0.15) is 25.0 Å². The zero-order valence-electron chi connectivity index (χ0n) is 12.8. The minimum Gasteiger partial charge on any atom is -0.382 e. The first-order chi connectivity index (χ1) is 10.9. The first kappa shape index (κ1) is 17.3. The third-order valence-corrected chi connectivity index (χ3v) is 3.85. The lowest BCUT2D eigenvalue weighted by Gasteiger charge is -2.19. The van der Waals surface area contributed by atoms with E-state index in [0.717, 1.165) is 5.56 Å². The van der Waals surface area contributed by atoms with Gasteiger partial charge in [0.15, 0.2) is 0 Å². The molecule has 120 valence electrons.